The largest absolute Gasteiger partial charge is 0.351 e. The first kappa shape index (κ1) is 13.8. The van der Waals surface area contributed by atoms with Crippen molar-refractivity contribution in [2.24, 2.45) is 12.2 Å². The average Bonchev–Trinajstić information content (AvgIpc) is 2.53. The highest BCUT2D eigenvalue weighted by Gasteiger charge is 2.14. The summed E-state index contributed by atoms with van der Waals surface area (Å²) in [4.78, 5) is 0.138. The molecular formula is C14H18N2O2S. The lowest BCUT2D eigenvalue weighted by Crippen LogP contribution is -2.11. The van der Waals surface area contributed by atoms with Crippen LogP contribution in [-0.2, 0) is 17.1 Å². The maximum atomic E-state index is 11.2. The molecule has 2 N–H and O–H groups in total. The summed E-state index contributed by atoms with van der Waals surface area (Å²) in [5.74, 6) is 0. The van der Waals surface area contributed by atoms with Crippen LogP contribution in [0, 0.1) is 20.8 Å². The summed E-state index contributed by atoms with van der Waals surface area (Å²) in [5.41, 5.74) is 5.75. The topological polar surface area (TPSA) is 65.1 Å². The zero-order chi connectivity index (χ0) is 14.4. The van der Waals surface area contributed by atoms with Crippen molar-refractivity contribution in [2.45, 2.75) is 25.7 Å². The van der Waals surface area contributed by atoms with Gasteiger partial charge in [-0.05, 0) is 44.0 Å². The molecule has 0 amide bonds. The molecule has 0 spiro atoms. The molecule has 0 radical (unpaired) electrons. The monoisotopic (exact) mass is 278 g/mol. The predicted molar refractivity (Wildman–Crippen MR) is 76.4 cm³/mol. The number of hydrogen-bond acceptors (Lipinski definition) is 2. The Bertz CT molecular complexity index is 700. The van der Waals surface area contributed by atoms with Crippen LogP contribution in [-0.4, -0.2) is 13.0 Å². The van der Waals surface area contributed by atoms with Gasteiger partial charge in [0.1, 0.15) is 0 Å². The van der Waals surface area contributed by atoms with Crippen molar-refractivity contribution in [3.8, 4) is 11.1 Å². The second-order valence-electron chi connectivity index (χ2n) is 4.80. The molecule has 2 rings (SSSR count). The van der Waals surface area contributed by atoms with Crippen molar-refractivity contribution in [3.05, 3.63) is 41.2 Å². The molecule has 1 aromatic carbocycles. The van der Waals surface area contributed by atoms with Gasteiger partial charge in [-0.3, -0.25) is 0 Å². The quantitative estimate of drug-likeness (QED) is 0.915. The van der Waals surface area contributed by atoms with Gasteiger partial charge in [-0.2, -0.15) is 0 Å². The molecule has 1 aromatic heterocycles. The lowest BCUT2D eigenvalue weighted by molar-refractivity contribution is 0.598. The van der Waals surface area contributed by atoms with Gasteiger partial charge in [-0.25, -0.2) is 13.6 Å². The molecule has 0 aliphatic heterocycles. The van der Waals surface area contributed by atoms with E-state index in [1.54, 1.807) is 24.3 Å². The molecule has 102 valence electrons. The smallest absolute Gasteiger partial charge is 0.238 e. The van der Waals surface area contributed by atoms with E-state index in [1.165, 1.54) is 17.0 Å². The summed E-state index contributed by atoms with van der Waals surface area (Å²) in [6.07, 6.45) is 0. The number of benzene rings is 1. The van der Waals surface area contributed by atoms with Gasteiger partial charge in [-0.15, -0.1) is 0 Å². The van der Waals surface area contributed by atoms with Gasteiger partial charge in [0.25, 0.3) is 0 Å². The van der Waals surface area contributed by atoms with Crippen LogP contribution in [0.5, 0.6) is 0 Å². The predicted octanol–water partition coefficient (Wildman–Crippen LogP) is 2.26. The zero-order valence-corrected chi connectivity index (χ0v) is 12.4. The molecule has 0 unspecified atom stereocenters. The Morgan fingerprint density at radius 3 is 1.89 bits per heavy atom. The lowest BCUT2D eigenvalue weighted by Gasteiger charge is -2.05. The van der Waals surface area contributed by atoms with Gasteiger partial charge in [-0.1, -0.05) is 12.1 Å². The SMILES string of the molecule is Cc1c(-c2ccc(S(N)(=O)=O)cc2)c(C)n(C)c1C. The van der Waals surface area contributed by atoms with Crippen molar-refractivity contribution >= 4 is 10.0 Å². The second kappa shape index (κ2) is 4.51. The molecule has 2 aromatic rings. The minimum atomic E-state index is -3.63. The normalized spacial score (nSPS) is 11.8. The number of primary sulfonamides is 1. The molecule has 4 nitrogen and oxygen atoms in total. The summed E-state index contributed by atoms with van der Waals surface area (Å²) in [6.45, 7) is 6.21. The first-order valence-corrected chi connectivity index (χ1v) is 7.54. The molecule has 0 aliphatic carbocycles. The summed E-state index contributed by atoms with van der Waals surface area (Å²) in [6, 6.07) is 6.70. The molecule has 5 heteroatoms. The molecule has 0 bridgehead atoms. The zero-order valence-electron chi connectivity index (χ0n) is 11.6. The van der Waals surface area contributed by atoms with Crippen LogP contribution in [0.4, 0.5) is 0 Å². The van der Waals surface area contributed by atoms with E-state index < -0.39 is 10.0 Å². The number of hydrogen-bond donors (Lipinski definition) is 1. The van der Waals surface area contributed by atoms with Crippen LogP contribution in [0.25, 0.3) is 11.1 Å². The third kappa shape index (κ3) is 2.31. The van der Waals surface area contributed by atoms with E-state index in [0.29, 0.717) is 0 Å². The summed E-state index contributed by atoms with van der Waals surface area (Å²) >= 11 is 0. The highest BCUT2D eigenvalue weighted by atomic mass is 32.2. The number of sulfonamides is 1. The van der Waals surface area contributed by atoms with E-state index in [-0.39, 0.29) is 4.90 Å². The fourth-order valence-corrected chi connectivity index (χ4v) is 2.88. The Balaban J connectivity index is 2.59. The van der Waals surface area contributed by atoms with Crippen LogP contribution in [0.15, 0.2) is 29.2 Å². The standard InChI is InChI=1S/C14H18N2O2S/c1-9-10(2)16(4)11(3)14(9)12-5-7-13(8-6-12)19(15,17)18/h5-8H,1-4H3,(H2,15,17,18). The molecule has 0 fully saturated rings. The van der Waals surface area contributed by atoms with Gasteiger partial charge in [0, 0.05) is 24.0 Å². The molecular weight excluding hydrogens is 260 g/mol. The Morgan fingerprint density at radius 2 is 1.53 bits per heavy atom. The van der Waals surface area contributed by atoms with Gasteiger partial charge in [0.2, 0.25) is 10.0 Å². The van der Waals surface area contributed by atoms with Crippen molar-refractivity contribution in [1.82, 2.24) is 4.57 Å². The van der Waals surface area contributed by atoms with Crippen molar-refractivity contribution in [3.63, 3.8) is 0 Å². The van der Waals surface area contributed by atoms with Crippen molar-refractivity contribution in [1.29, 1.82) is 0 Å². The highest BCUT2D eigenvalue weighted by molar-refractivity contribution is 7.89. The van der Waals surface area contributed by atoms with Gasteiger partial charge < -0.3 is 4.57 Å². The highest BCUT2D eigenvalue weighted by Crippen LogP contribution is 2.31. The van der Waals surface area contributed by atoms with Crippen LogP contribution in [0.3, 0.4) is 0 Å². The van der Waals surface area contributed by atoms with E-state index in [2.05, 4.69) is 25.3 Å². The van der Waals surface area contributed by atoms with Gasteiger partial charge in [0.15, 0.2) is 0 Å². The fourth-order valence-electron chi connectivity index (χ4n) is 2.36. The lowest BCUT2D eigenvalue weighted by atomic mass is 10.0. The van der Waals surface area contributed by atoms with Crippen LogP contribution < -0.4 is 5.14 Å². The van der Waals surface area contributed by atoms with E-state index in [0.717, 1.165) is 11.1 Å². The first-order chi connectivity index (χ1) is 8.73. The maximum Gasteiger partial charge on any atom is 0.238 e. The Kier molecular flexibility index (Phi) is 3.28. The molecule has 19 heavy (non-hydrogen) atoms. The summed E-state index contributed by atoms with van der Waals surface area (Å²) in [7, 11) is -1.60. The van der Waals surface area contributed by atoms with Crippen molar-refractivity contribution in [2.75, 3.05) is 0 Å². The third-order valence-corrected chi connectivity index (χ3v) is 4.69. The number of rotatable bonds is 2. The second-order valence-corrected chi connectivity index (χ2v) is 6.36. The van der Waals surface area contributed by atoms with E-state index >= 15 is 0 Å². The summed E-state index contributed by atoms with van der Waals surface area (Å²) in [5, 5.41) is 5.10. The minimum absolute atomic E-state index is 0.138. The van der Waals surface area contributed by atoms with Crippen molar-refractivity contribution < 1.29 is 8.42 Å². The van der Waals surface area contributed by atoms with E-state index in [1.807, 2.05) is 7.05 Å². The number of nitrogens with zero attached hydrogens (tertiary/aromatic N) is 1. The minimum Gasteiger partial charge on any atom is -0.351 e. The first-order valence-electron chi connectivity index (χ1n) is 5.99. The summed E-state index contributed by atoms with van der Waals surface area (Å²) < 4.78 is 24.6. The Labute approximate surface area is 113 Å². The van der Waals surface area contributed by atoms with E-state index in [9.17, 15) is 8.42 Å². The van der Waals surface area contributed by atoms with Gasteiger partial charge in [0.05, 0.1) is 4.90 Å². The molecule has 1 heterocycles. The Morgan fingerprint density at radius 1 is 1.00 bits per heavy atom. The average molecular weight is 278 g/mol. The number of aromatic nitrogens is 1. The van der Waals surface area contributed by atoms with E-state index in [4.69, 9.17) is 5.14 Å². The van der Waals surface area contributed by atoms with Crippen LogP contribution in [0.2, 0.25) is 0 Å². The maximum absolute atomic E-state index is 11.2. The molecule has 0 aliphatic rings. The fraction of sp³-hybridized carbons (Fsp3) is 0.286. The van der Waals surface area contributed by atoms with Gasteiger partial charge >= 0.3 is 0 Å². The Hall–Kier alpha value is -1.59. The van der Waals surface area contributed by atoms with Crippen LogP contribution in [0.1, 0.15) is 17.0 Å². The molecule has 0 atom stereocenters. The molecule has 0 saturated heterocycles. The molecule has 0 saturated carbocycles. The van der Waals surface area contributed by atoms with Crippen LogP contribution >= 0.6 is 0 Å². The third-order valence-electron chi connectivity index (χ3n) is 3.76. The number of nitrogens with two attached hydrogens (primary N) is 1.